The van der Waals surface area contributed by atoms with Gasteiger partial charge in [-0.15, -0.1) is 0 Å². The summed E-state index contributed by atoms with van der Waals surface area (Å²) < 4.78 is 0. The zero-order chi connectivity index (χ0) is 11.5. The Labute approximate surface area is 102 Å². The second-order valence-electron chi connectivity index (χ2n) is 6.40. The van der Waals surface area contributed by atoms with Gasteiger partial charge in [0.1, 0.15) is 0 Å². The van der Waals surface area contributed by atoms with Crippen molar-refractivity contribution in [3.8, 4) is 0 Å². The maximum absolute atomic E-state index is 2.43. The van der Waals surface area contributed by atoms with Crippen LogP contribution < -0.4 is 0 Å². The molecular formula is C16H29. The molecule has 0 aromatic carbocycles. The predicted octanol–water partition coefficient (Wildman–Crippen LogP) is 5.23. The molecule has 16 heavy (non-hydrogen) atoms. The average molecular weight is 221 g/mol. The smallest absolute Gasteiger partial charge is 0.0174 e. The molecule has 2 aliphatic carbocycles. The summed E-state index contributed by atoms with van der Waals surface area (Å²) in [5.41, 5.74) is 0. The van der Waals surface area contributed by atoms with Crippen molar-refractivity contribution in [2.45, 2.75) is 72.1 Å². The quantitative estimate of drug-likeness (QED) is 0.609. The van der Waals surface area contributed by atoms with Crippen LogP contribution in [-0.4, -0.2) is 0 Å². The molecule has 2 fully saturated rings. The standard InChI is InChI=1S/C16H29/c1-4-7-13-8-5-10-15(13)16-11-6-9-14(16)12(2)3/h12-15H,4-11H2,1-3H3. The Kier molecular flexibility index (Phi) is 4.33. The third-order valence-corrected chi connectivity index (χ3v) is 5.06. The Balaban J connectivity index is 1.99. The first kappa shape index (κ1) is 12.5. The van der Waals surface area contributed by atoms with Crippen LogP contribution in [0.5, 0.6) is 0 Å². The van der Waals surface area contributed by atoms with Crippen molar-refractivity contribution in [2.75, 3.05) is 0 Å². The Hall–Kier alpha value is 0. The summed E-state index contributed by atoms with van der Waals surface area (Å²) in [5.74, 6) is 5.93. The lowest BCUT2D eigenvalue weighted by Crippen LogP contribution is -2.23. The van der Waals surface area contributed by atoms with E-state index in [0.717, 1.165) is 23.7 Å². The molecule has 0 nitrogen and oxygen atoms in total. The molecule has 0 heteroatoms. The van der Waals surface area contributed by atoms with Crippen LogP contribution in [0.4, 0.5) is 0 Å². The first-order valence-electron chi connectivity index (χ1n) is 7.59. The summed E-state index contributed by atoms with van der Waals surface area (Å²) in [6.07, 6.45) is 11.9. The predicted molar refractivity (Wildman–Crippen MR) is 71.2 cm³/mol. The van der Waals surface area contributed by atoms with Gasteiger partial charge in [0.25, 0.3) is 0 Å². The molecule has 2 rings (SSSR count). The minimum atomic E-state index is 0.889. The topological polar surface area (TPSA) is 0 Å². The van der Waals surface area contributed by atoms with Crippen molar-refractivity contribution in [3.05, 3.63) is 5.92 Å². The van der Waals surface area contributed by atoms with Gasteiger partial charge in [-0.2, -0.15) is 0 Å². The molecule has 0 heterocycles. The summed E-state index contributed by atoms with van der Waals surface area (Å²) in [4.78, 5) is 0. The van der Waals surface area contributed by atoms with Gasteiger partial charge in [-0.25, -0.2) is 0 Å². The van der Waals surface area contributed by atoms with Crippen molar-refractivity contribution in [1.29, 1.82) is 0 Å². The largest absolute Gasteiger partial charge is 0.0654 e. The van der Waals surface area contributed by atoms with E-state index in [0.29, 0.717) is 0 Å². The van der Waals surface area contributed by atoms with E-state index in [1.807, 2.05) is 5.92 Å². The lowest BCUT2D eigenvalue weighted by molar-refractivity contribution is 0.298. The van der Waals surface area contributed by atoms with Gasteiger partial charge in [0, 0.05) is 0 Å². The summed E-state index contributed by atoms with van der Waals surface area (Å²) in [6, 6.07) is 0. The van der Waals surface area contributed by atoms with Crippen LogP contribution in [0.25, 0.3) is 0 Å². The molecular weight excluding hydrogens is 192 g/mol. The van der Waals surface area contributed by atoms with Gasteiger partial charge in [-0.05, 0) is 48.9 Å². The molecule has 0 aliphatic heterocycles. The highest BCUT2D eigenvalue weighted by Gasteiger charge is 2.40. The number of rotatable bonds is 4. The number of hydrogen-bond donors (Lipinski definition) is 0. The van der Waals surface area contributed by atoms with E-state index in [1.54, 1.807) is 0 Å². The molecule has 0 N–H and O–H groups in total. The van der Waals surface area contributed by atoms with Gasteiger partial charge in [-0.3, -0.25) is 0 Å². The van der Waals surface area contributed by atoms with E-state index >= 15 is 0 Å². The fourth-order valence-corrected chi connectivity index (χ4v) is 4.36. The maximum Gasteiger partial charge on any atom is -0.0174 e. The molecule has 2 saturated carbocycles. The van der Waals surface area contributed by atoms with Crippen LogP contribution in [-0.2, 0) is 0 Å². The summed E-state index contributed by atoms with van der Waals surface area (Å²) in [7, 11) is 0. The van der Waals surface area contributed by atoms with Crippen molar-refractivity contribution >= 4 is 0 Å². The third kappa shape index (κ3) is 2.46. The first-order chi connectivity index (χ1) is 7.74. The Bertz CT molecular complexity index is 206. The minimum Gasteiger partial charge on any atom is -0.0654 e. The maximum atomic E-state index is 2.43. The lowest BCUT2D eigenvalue weighted by atomic mass is 9.73. The van der Waals surface area contributed by atoms with Crippen LogP contribution in [0.15, 0.2) is 0 Å². The Morgan fingerprint density at radius 2 is 1.94 bits per heavy atom. The first-order valence-corrected chi connectivity index (χ1v) is 7.59. The second-order valence-corrected chi connectivity index (χ2v) is 6.40. The van der Waals surface area contributed by atoms with Crippen molar-refractivity contribution in [2.24, 2.45) is 23.7 Å². The van der Waals surface area contributed by atoms with E-state index in [4.69, 9.17) is 0 Å². The Morgan fingerprint density at radius 1 is 1.12 bits per heavy atom. The molecule has 0 aromatic heterocycles. The molecule has 0 amide bonds. The number of hydrogen-bond acceptors (Lipinski definition) is 0. The second kappa shape index (κ2) is 5.56. The monoisotopic (exact) mass is 221 g/mol. The molecule has 93 valence electrons. The normalized spacial score (nSPS) is 36.4. The molecule has 0 aromatic rings. The van der Waals surface area contributed by atoms with Crippen molar-refractivity contribution in [1.82, 2.24) is 0 Å². The lowest BCUT2D eigenvalue weighted by Gasteiger charge is -2.31. The molecule has 2 aliphatic rings. The summed E-state index contributed by atoms with van der Waals surface area (Å²) in [6.45, 7) is 7.22. The van der Waals surface area contributed by atoms with Crippen LogP contribution >= 0.6 is 0 Å². The SMILES string of the molecule is CCCC1CCCC1[C]1CCCC1C(C)C. The Morgan fingerprint density at radius 3 is 2.62 bits per heavy atom. The molecule has 0 bridgehead atoms. The highest BCUT2D eigenvalue weighted by Crippen LogP contribution is 2.51. The van der Waals surface area contributed by atoms with Gasteiger partial charge in [0.15, 0.2) is 0 Å². The van der Waals surface area contributed by atoms with Crippen LogP contribution in [0, 0.1) is 29.6 Å². The van der Waals surface area contributed by atoms with Gasteiger partial charge >= 0.3 is 0 Å². The zero-order valence-electron chi connectivity index (χ0n) is 11.5. The highest BCUT2D eigenvalue weighted by atomic mass is 14.4. The fourth-order valence-electron chi connectivity index (χ4n) is 4.36. The van der Waals surface area contributed by atoms with E-state index in [-0.39, 0.29) is 0 Å². The van der Waals surface area contributed by atoms with E-state index in [2.05, 4.69) is 20.8 Å². The van der Waals surface area contributed by atoms with E-state index < -0.39 is 0 Å². The molecule has 0 saturated heterocycles. The van der Waals surface area contributed by atoms with Gasteiger partial charge in [-0.1, -0.05) is 52.9 Å². The minimum absolute atomic E-state index is 0.889. The van der Waals surface area contributed by atoms with Crippen LogP contribution in [0.3, 0.4) is 0 Å². The van der Waals surface area contributed by atoms with Crippen molar-refractivity contribution < 1.29 is 0 Å². The average Bonchev–Trinajstić information content (AvgIpc) is 2.83. The summed E-state index contributed by atoms with van der Waals surface area (Å²) >= 11 is 0. The highest BCUT2D eigenvalue weighted by molar-refractivity contribution is 5.10. The third-order valence-electron chi connectivity index (χ3n) is 5.06. The zero-order valence-corrected chi connectivity index (χ0v) is 11.5. The molecule has 0 spiro atoms. The van der Waals surface area contributed by atoms with Gasteiger partial charge < -0.3 is 0 Å². The van der Waals surface area contributed by atoms with Crippen LogP contribution in [0.2, 0.25) is 0 Å². The molecule has 3 unspecified atom stereocenters. The van der Waals surface area contributed by atoms with E-state index in [9.17, 15) is 0 Å². The fraction of sp³-hybridized carbons (Fsp3) is 0.938. The van der Waals surface area contributed by atoms with Crippen molar-refractivity contribution in [3.63, 3.8) is 0 Å². The van der Waals surface area contributed by atoms with Gasteiger partial charge in [0.05, 0.1) is 0 Å². The van der Waals surface area contributed by atoms with E-state index in [1.165, 1.54) is 51.4 Å². The van der Waals surface area contributed by atoms with Gasteiger partial charge in [0.2, 0.25) is 0 Å². The molecule has 3 atom stereocenters. The molecule has 1 radical (unpaired) electrons. The van der Waals surface area contributed by atoms with Crippen LogP contribution in [0.1, 0.15) is 72.1 Å². The summed E-state index contributed by atoms with van der Waals surface area (Å²) in [5, 5.41) is 0.